The third kappa shape index (κ3) is 4.96. The Morgan fingerprint density at radius 2 is 2.10 bits per heavy atom. The highest BCUT2D eigenvalue weighted by molar-refractivity contribution is 7.17. The van der Waals surface area contributed by atoms with Gasteiger partial charge >= 0.3 is 0 Å². The van der Waals surface area contributed by atoms with Gasteiger partial charge in [-0.25, -0.2) is 4.98 Å². The van der Waals surface area contributed by atoms with Crippen molar-refractivity contribution in [2.75, 3.05) is 20.1 Å². The van der Waals surface area contributed by atoms with E-state index >= 15 is 0 Å². The Morgan fingerprint density at radius 1 is 1.38 bits per heavy atom. The normalized spacial score (nSPS) is 9.67. The second-order valence-electron chi connectivity index (χ2n) is 4.20. The van der Waals surface area contributed by atoms with Crippen LogP contribution in [0.2, 0.25) is 0 Å². The predicted octanol–water partition coefficient (Wildman–Crippen LogP) is 1.64. The maximum Gasteiger partial charge on any atom is 0.263 e. The Kier molecular flexibility index (Phi) is 8.50. The zero-order valence-corrected chi connectivity index (χ0v) is 14.5. The standard InChI is InChI=1S/C12H17N5OS.2ClH/c1-8-10(11(18)14-5-4-13-2)19-12(16-8)9-6-15-17(3)7-9;;/h6-7,13H,4-5H2,1-3H3,(H,14,18);2*1H. The number of nitrogens with one attached hydrogen (secondary N) is 2. The lowest BCUT2D eigenvalue weighted by Gasteiger charge is -2.02. The molecule has 2 aromatic rings. The number of carbonyl (C=O) groups excluding carboxylic acids is 1. The number of carbonyl (C=O) groups is 1. The van der Waals surface area contributed by atoms with E-state index in [1.165, 1.54) is 11.3 Å². The number of amides is 1. The molecule has 2 N–H and O–H groups in total. The molecule has 1 amide bonds. The average molecular weight is 352 g/mol. The molecule has 0 atom stereocenters. The van der Waals surface area contributed by atoms with Gasteiger partial charge in [0.25, 0.3) is 5.91 Å². The molecular weight excluding hydrogens is 333 g/mol. The first-order chi connectivity index (χ1) is 9.11. The molecule has 21 heavy (non-hydrogen) atoms. The highest BCUT2D eigenvalue weighted by Crippen LogP contribution is 2.27. The van der Waals surface area contributed by atoms with E-state index in [1.807, 2.05) is 27.2 Å². The van der Waals surface area contributed by atoms with Crippen molar-refractivity contribution in [1.82, 2.24) is 25.4 Å². The molecule has 0 radical (unpaired) electrons. The van der Waals surface area contributed by atoms with Crippen molar-refractivity contribution < 1.29 is 4.79 Å². The largest absolute Gasteiger partial charge is 0.350 e. The first-order valence-electron chi connectivity index (χ1n) is 6.01. The molecule has 9 heteroatoms. The van der Waals surface area contributed by atoms with Crippen LogP contribution in [0.3, 0.4) is 0 Å². The van der Waals surface area contributed by atoms with Crippen molar-refractivity contribution >= 4 is 42.1 Å². The lowest BCUT2D eigenvalue weighted by Crippen LogP contribution is -2.30. The van der Waals surface area contributed by atoms with Gasteiger partial charge in [0.2, 0.25) is 0 Å². The summed E-state index contributed by atoms with van der Waals surface area (Å²) in [6, 6.07) is 0. The van der Waals surface area contributed by atoms with Crippen molar-refractivity contribution in [3.05, 3.63) is 23.0 Å². The number of aromatic nitrogens is 3. The van der Waals surface area contributed by atoms with Crippen molar-refractivity contribution in [3.8, 4) is 10.6 Å². The monoisotopic (exact) mass is 351 g/mol. The Morgan fingerprint density at radius 3 is 2.67 bits per heavy atom. The van der Waals surface area contributed by atoms with Gasteiger partial charge in [0.15, 0.2) is 0 Å². The molecule has 0 bridgehead atoms. The van der Waals surface area contributed by atoms with Crippen molar-refractivity contribution in [1.29, 1.82) is 0 Å². The maximum atomic E-state index is 12.0. The van der Waals surface area contributed by atoms with Gasteiger partial charge in [-0.1, -0.05) is 0 Å². The van der Waals surface area contributed by atoms with Gasteiger partial charge < -0.3 is 10.6 Å². The molecule has 2 rings (SSSR count). The topological polar surface area (TPSA) is 71.8 Å². The van der Waals surface area contributed by atoms with Crippen LogP contribution in [0, 0.1) is 6.92 Å². The number of hydrogen-bond donors (Lipinski definition) is 2. The van der Waals surface area contributed by atoms with Gasteiger partial charge in [-0.3, -0.25) is 9.48 Å². The van der Waals surface area contributed by atoms with Crippen LogP contribution in [-0.2, 0) is 7.05 Å². The summed E-state index contributed by atoms with van der Waals surface area (Å²) in [6.45, 7) is 3.21. The maximum absolute atomic E-state index is 12.0. The molecule has 118 valence electrons. The van der Waals surface area contributed by atoms with Crippen molar-refractivity contribution in [3.63, 3.8) is 0 Å². The molecule has 6 nitrogen and oxygen atoms in total. The SMILES string of the molecule is CNCCNC(=O)c1sc(-c2cnn(C)c2)nc1C.Cl.Cl. The van der Waals surface area contributed by atoms with Crippen LogP contribution in [0.4, 0.5) is 0 Å². The molecule has 0 saturated heterocycles. The Bertz CT molecular complexity index is 584. The summed E-state index contributed by atoms with van der Waals surface area (Å²) in [7, 11) is 3.71. The molecule has 0 aliphatic carbocycles. The zero-order chi connectivity index (χ0) is 13.8. The minimum Gasteiger partial charge on any atom is -0.350 e. The molecule has 0 unspecified atom stereocenters. The first-order valence-corrected chi connectivity index (χ1v) is 6.82. The fourth-order valence-corrected chi connectivity index (χ4v) is 2.60. The minimum atomic E-state index is -0.0691. The van der Waals surface area contributed by atoms with Crippen molar-refractivity contribution in [2.24, 2.45) is 7.05 Å². The molecule has 0 saturated carbocycles. The van der Waals surface area contributed by atoms with E-state index in [0.29, 0.717) is 11.4 Å². The van der Waals surface area contributed by atoms with E-state index in [1.54, 1.807) is 10.9 Å². The van der Waals surface area contributed by atoms with Crippen LogP contribution in [0.15, 0.2) is 12.4 Å². The molecule has 0 aliphatic heterocycles. The predicted molar refractivity (Wildman–Crippen MR) is 89.8 cm³/mol. The summed E-state index contributed by atoms with van der Waals surface area (Å²) in [5.74, 6) is -0.0691. The number of likely N-dealkylation sites (N-methyl/N-ethyl adjacent to an activating group) is 1. The smallest absolute Gasteiger partial charge is 0.263 e. The van der Waals surface area contributed by atoms with Crippen LogP contribution >= 0.6 is 36.2 Å². The highest BCUT2D eigenvalue weighted by Gasteiger charge is 2.16. The zero-order valence-electron chi connectivity index (χ0n) is 12.0. The second-order valence-corrected chi connectivity index (χ2v) is 5.19. The van der Waals surface area contributed by atoms with Crippen LogP contribution in [0.1, 0.15) is 15.4 Å². The summed E-state index contributed by atoms with van der Waals surface area (Å²) >= 11 is 1.40. The first kappa shape index (κ1) is 19.9. The minimum absolute atomic E-state index is 0. The number of halogens is 2. The average Bonchev–Trinajstić information content (AvgIpc) is 2.95. The Balaban J connectivity index is 0.00000200. The summed E-state index contributed by atoms with van der Waals surface area (Å²) in [5.41, 5.74) is 1.69. The van der Waals surface area contributed by atoms with Crippen LogP contribution in [0.5, 0.6) is 0 Å². The Labute approximate surface area is 140 Å². The summed E-state index contributed by atoms with van der Waals surface area (Å²) in [5, 5.41) is 10.8. The van der Waals surface area contributed by atoms with E-state index in [4.69, 9.17) is 0 Å². The number of rotatable bonds is 5. The summed E-state index contributed by atoms with van der Waals surface area (Å²) in [6.07, 6.45) is 3.64. The summed E-state index contributed by atoms with van der Waals surface area (Å²) in [4.78, 5) is 17.1. The fourth-order valence-electron chi connectivity index (χ4n) is 1.64. The van der Waals surface area contributed by atoms with Crippen LogP contribution in [0.25, 0.3) is 10.6 Å². The third-order valence-corrected chi connectivity index (χ3v) is 3.82. The molecular formula is C12H19Cl2N5OS. The quantitative estimate of drug-likeness (QED) is 0.803. The molecule has 2 aromatic heterocycles. The van der Waals surface area contributed by atoms with Gasteiger partial charge in [-0.15, -0.1) is 36.2 Å². The highest BCUT2D eigenvalue weighted by atomic mass is 35.5. The van der Waals surface area contributed by atoms with E-state index < -0.39 is 0 Å². The Hall–Kier alpha value is -1.15. The lowest BCUT2D eigenvalue weighted by atomic mass is 10.3. The molecule has 0 aliphatic rings. The van der Waals surface area contributed by atoms with Gasteiger partial charge in [0.05, 0.1) is 11.9 Å². The lowest BCUT2D eigenvalue weighted by molar-refractivity contribution is 0.0957. The van der Waals surface area contributed by atoms with E-state index in [2.05, 4.69) is 20.7 Å². The number of aryl methyl sites for hydroxylation is 2. The van der Waals surface area contributed by atoms with E-state index in [9.17, 15) is 4.79 Å². The van der Waals surface area contributed by atoms with Crippen LogP contribution < -0.4 is 10.6 Å². The number of nitrogens with zero attached hydrogens (tertiary/aromatic N) is 3. The van der Waals surface area contributed by atoms with Gasteiger partial charge in [-0.05, 0) is 14.0 Å². The van der Waals surface area contributed by atoms with E-state index in [0.717, 1.165) is 22.8 Å². The number of hydrogen-bond acceptors (Lipinski definition) is 5. The second kappa shape index (κ2) is 8.99. The van der Waals surface area contributed by atoms with Gasteiger partial charge in [0, 0.05) is 31.9 Å². The van der Waals surface area contributed by atoms with E-state index in [-0.39, 0.29) is 30.7 Å². The fraction of sp³-hybridized carbons (Fsp3) is 0.417. The van der Waals surface area contributed by atoms with Crippen molar-refractivity contribution in [2.45, 2.75) is 6.92 Å². The summed E-state index contributed by atoms with van der Waals surface area (Å²) < 4.78 is 1.72. The van der Waals surface area contributed by atoms with Gasteiger partial charge in [-0.2, -0.15) is 5.10 Å². The molecule has 0 aromatic carbocycles. The van der Waals surface area contributed by atoms with Crippen LogP contribution in [-0.4, -0.2) is 40.8 Å². The number of thiazole rings is 1. The molecule has 2 heterocycles. The van der Waals surface area contributed by atoms with Gasteiger partial charge in [0.1, 0.15) is 9.88 Å². The molecule has 0 fully saturated rings. The molecule has 0 spiro atoms. The third-order valence-electron chi connectivity index (χ3n) is 2.62.